The highest BCUT2D eigenvalue weighted by molar-refractivity contribution is 5.71. The number of hydrogen-bond donors (Lipinski definition) is 0. The van der Waals surface area contributed by atoms with Crippen molar-refractivity contribution in [3.05, 3.63) is 0 Å². The molecule has 1 spiro atoms. The number of hydrogen-bond acceptors (Lipinski definition) is 10. The molecule has 0 aromatic rings. The summed E-state index contributed by atoms with van der Waals surface area (Å²) in [5, 5.41) is 0. The highest BCUT2D eigenvalue weighted by atomic mass is 16.8. The zero-order chi connectivity index (χ0) is 19.7. The summed E-state index contributed by atoms with van der Waals surface area (Å²) in [6.07, 6.45) is -0.520. The first-order chi connectivity index (χ1) is 13.7. The van der Waals surface area contributed by atoms with Crippen LogP contribution in [-0.4, -0.2) is 122 Å². The van der Waals surface area contributed by atoms with Crippen LogP contribution in [0.3, 0.4) is 0 Å². The molecule has 3 aliphatic heterocycles. The third-order valence-corrected chi connectivity index (χ3v) is 4.62. The lowest BCUT2D eigenvalue weighted by molar-refractivity contribution is -0.358. The predicted octanol–water partition coefficient (Wildman–Crippen LogP) is -0.948. The minimum Gasteiger partial charge on any atom is -0.468 e. The van der Waals surface area contributed by atoms with E-state index in [1.165, 1.54) is 7.11 Å². The maximum absolute atomic E-state index is 11.8. The molecular weight excluding hydrogens is 374 g/mol. The van der Waals surface area contributed by atoms with Crippen molar-refractivity contribution in [2.75, 3.05) is 92.8 Å². The first-order valence-electron chi connectivity index (χ1n) is 9.73. The fourth-order valence-electron chi connectivity index (χ4n) is 3.46. The van der Waals surface area contributed by atoms with E-state index in [0.29, 0.717) is 72.6 Å². The molecule has 0 aliphatic carbocycles. The fraction of sp³-hybridized carbons (Fsp3) is 0.944. The van der Waals surface area contributed by atoms with Gasteiger partial charge in [0.25, 0.3) is 0 Å². The number of methoxy groups -OCH3 is 1. The van der Waals surface area contributed by atoms with E-state index < -0.39 is 5.79 Å². The second-order valence-corrected chi connectivity index (χ2v) is 7.03. The molecule has 3 fully saturated rings. The van der Waals surface area contributed by atoms with Gasteiger partial charge in [-0.25, -0.2) is 0 Å². The quantitative estimate of drug-likeness (QED) is 0.535. The summed E-state index contributed by atoms with van der Waals surface area (Å²) in [5.74, 6) is -1.27. The van der Waals surface area contributed by atoms with Gasteiger partial charge in [-0.3, -0.25) is 9.69 Å². The van der Waals surface area contributed by atoms with E-state index in [1.807, 2.05) is 4.90 Å². The molecule has 3 aliphatic rings. The van der Waals surface area contributed by atoms with Crippen LogP contribution >= 0.6 is 0 Å². The molecule has 10 heteroatoms. The lowest BCUT2D eigenvalue weighted by Gasteiger charge is -2.48. The van der Waals surface area contributed by atoms with Gasteiger partial charge < -0.3 is 37.9 Å². The molecule has 0 radical (unpaired) electrons. The second-order valence-electron chi connectivity index (χ2n) is 7.03. The molecule has 0 amide bonds. The van der Waals surface area contributed by atoms with E-state index in [0.717, 1.165) is 0 Å². The molecule has 28 heavy (non-hydrogen) atoms. The minimum atomic E-state index is -0.965. The van der Waals surface area contributed by atoms with Crippen LogP contribution in [0.25, 0.3) is 0 Å². The number of rotatable bonds is 2. The summed E-state index contributed by atoms with van der Waals surface area (Å²) in [5.41, 5.74) is 0. The Morgan fingerprint density at radius 3 is 2.14 bits per heavy atom. The molecule has 3 unspecified atom stereocenters. The summed E-state index contributed by atoms with van der Waals surface area (Å²) in [4.78, 5) is 13.7. The monoisotopic (exact) mass is 405 g/mol. The van der Waals surface area contributed by atoms with Crippen LogP contribution in [0.1, 0.15) is 0 Å². The molecule has 162 valence electrons. The Labute approximate surface area is 165 Å². The van der Waals surface area contributed by atoms with E-state index >= 15 is 0 Å². The number of nitrogens with zero attached hydrogens (tertiary/aromatic N) is 1. The molecule has 0 N–H and O–H groups in total. The lowest BCUT2D eigenvalue weighted by Crippen LogP contribution is -2.64. The highest BCUT2D eigenvalue weighted by Gasteiger charge is 2.46. The molecule has 0 saturated carbocycles. The second kappa shape index (κ2) is 11.4. The predicted molar refractivity (Wildman–Crippen MR) is 95.0 cm³/mol. The zero-order valence-electron chi connectivity index (χ0n) is 16.5. The van der Waals surface area contributed by atoms with Crippen molar-refractivity contribution in [3.63, 3.8) is 0 Å². The van der Waals surface area contributed by atoms with Crippen LogP contribution in [0, 0.1) is 0 Å². The Morgan fingerprint density at radius 2 is 1.46 bits per heavy atom. The van der Waals surface area contributed by atoms with Crippen molar-refractivity contribution in [1.82, 2.24) is 4.90 Å². The normalized spacial score (nSPS) is 34.3. The molecular formula is C18H31NO9. The average Bonchev–Trinajstić information content (AvgIpc) is 2.68. The van der Waals surface area contributed by atoms with Gasteiger partial charge in [-0.05, 0) is 0 Å². The fourth-order valence-corrected chi connectivity index (χ4v) is 3.46. The van der Waals surface area contributed by atoms with E-state index in [9.17, 15) is 4.79 Å². The number of esters is 1. The molecule has 10 nitrogen and oxygen atoms in total. The van der Waals surface area contributed by atoms with Gasteiger partial charge in [-0.1, -0.05) is 0 Å². The van der Waals surface area contributed by atoms with Crippen LogP contribution < -0.4 is 0 Å². The summed E-state index contributed by atoms with van der Waals surface area (Å²) in [6.45, 7) is 5.47. The van der Waals surface area contributed by atoms with Crippen LogP contribution in [0.2, 0.25) is 0 Å². The summed E-state index contributed by atoms with van der Waals surface area (Å²) >= 11 is 0. The summed E-state index contributed by atoms with van der Waals surface area (Å²) in [6, 6.07) is 0. The number of morpholine rings is 1. The topological polar surface area (TPSA) is 94.2 Å². The first kappa shape index (κ1) is 21.8. The van der Waals surface area contributed by atoms with E-state index in [1.54, 1.807) is 0 Å². The van der Waals surface area contributed by atoms with Crippen LogP contribution in [0.15, 0.2) is 0 Å². The van der Waals surface area contributed by atoms with Gasteiger partial charge in [0, 0.05) is 6.54 Å². The SMILES string of the molecule is COC(=O)CN1CC2COCCOCCOCCOCC3COCC(C1)(O3)O2. The Balaban J connectivity index is 1.64. The molecule has 0 aromatic carbocycles. The summed E-state index contributed by atoms with van der Waals surface area (Å²) < 4.78 is 45.3. The Bertz CT molecular complexity index is 476. The lowest BCUT2D eigenvalue weighted by atomic mass is 10.1. The van der Waals surface area contributed by atoms with Crippen LogP contribution in [0.4, 0.5) is 0 Å². The Morgan fingerprint density at radius 1 is 0.893 bits per heavy atom. The number of ether oxygens (including phenoxy) is 8. The smallest absolute Gasteiger partial charge is 0.319 e. The Kier molecular flexibility index (Phi) is 8.87. The maximum atomic E-state index is 11.8. The number of carbonyl (C=O) groups is 1. The van der Waals surface area contributed by atoms with Crippen molar-refractivity contribution < 1.29 is 42.7 Å². The van der Waals surface area contributed by atoms with Gasteiger partial charge in [0.2, 0.25) is 5.79 Å². The first-order valence-corrected chi connectivity index (χ1v) is 9.73. The van der Waals surface area contributed by atoms with E-state index in [-0.39, 0.29) is 31.3 Å². The highest BCUT2D eigenvalue weighted by Crippen LogP contribution is 2.29. The standard InChI is InChI=1S/C18H31NO9/c1-21-17(20)9-19-8-15-10-24-6-4-22-2-3-23-5-7-25-11-16-12-26-14-18(13-19,27-15)28-16/h15-16H,2-14H2,1H3. The zero-order valence-corrected chi connectivity index (χ0v) is 16.5. The van der Waals surface area contributed by atoms with Gasteiger partial charge in [-0.2, -0.15) is 0 Å². The molecule has 3 rings (SSSR count). The van der Waals surface area contributed by atoms with Crippen molar-refractivity contribution in [3.8, 4) is 0 Å². The number of fused-ring (bicyclic) bond motifs is 2. The number of carbonyl (C=O) groups excluding carboxylic acids is 1. The Hall–Kier alpha value is -0.850. The molecule has 3 saturated heterocycles. The molecule has 3 bridgehead atoms. The van der Waals surface area contributed by atoms with Crippen molar-refractivity contribution in [2.45, 2.75) is 18.0 Å². The van der Waals surface area contributed by atoms with E-state index in [4.69, 9.17) is 37.9 Å². The molecule has 3 heterocycles. The molecule has 3 atom stereocenters. The maximum Gasteiger partial charge on any atom is 0.319 e. The van der Waals surface area contributed by atoms with Crippen molar-refractivity contribution >= 4 is 5.97 Å². The van der Waals surface area contributed by atoms with Crippen LogP contribution in [0.5, 0.6) is 0 Å². The summed E-state index contributed by atoms with van der Waals surface area (Å²) in [7, 11) is 1.38. The van der Waals surface area contributed by atoms with Gasteiger partial charge in [0.15, 0.2) is 0 Å². The third-order valence-electron chi connectivity index (χ3n) is 4.62. The van der Waals surface area contributed by atoms with Gasteiger partial charge >= 0.3 is 5.97 Å². The largest absolute Gasteiger partial charge is 0.468 e. The van der Waals surface area contributed by atoms with E-state index in [2.05, 4.69) is 0 Å². The third kappa shape index (κ3) is 6.89. The van der Waals surface area contributed by atoms with Crippen LogP contribution in [-0.2, 0) is 42.7 Å². The minimum absolute atomic E-state index is 0.156. The van der Waals surface area contributed by atoms with Crippen molar-refractivity contribution in [2.24, 2.45) is 0 Å². The average molecular weight is 405 g/mol. The molecule has 0 aromatic heterocycles. The van der Waals surface area contributed by atoms with Gasteiger partial charge in [0.05, 0.1) is 85.8 Å². The van der Waals surface area contributed by atoms with Gasteiger partial charge in [0.1, 0.15) is 12.7 Å². The van der Waals surface area contributed by atoms with Gasteiger partial charge in [-0.15, -0.1) is 0 Å². The van der Waals surface area contributed by atoms with Crippen molar-refractivity contribution in [1.29, 1.82) is 0 Å².